The summed E-state index contributed by atoms with van der Waals surface area (Å²) in [5.74, 6) is -0.0620. The van der Waals surface area contributed by atoms with Gasteiger partial charge in [-0.3, -0.25) is 9.59 Å². The molecule has 0 aromatic heterocycles. The molecule has 0 unspecified atom stereocenters. The number of carbonyl (C=O) groups excluding carboxylic acids is 2. The van der Waals surface area contributed by atoms with Crippen LogP contribution >= 0.6 is 0 Å². The summed E-state index contributed by atoms with van der Waals surface area (Å²) in [4.78, 5) is 27.8. The number of hydrogen-bond donors (Lipinski definition) is 1. The predicted octanol–water partition coefficient (Wildman–Crippen LogP) is 3.89. The lowest BCUT2D eigenvalue weighted by Crippen LogP contribution is -2.44. The number of rotatable bonds is 5. The van der Waals surface area contributed by atoms with E-state index in [9.17, 15) is 9.59 Å². The van der Waals surface area contributed by atoms with Gasteiger partial charge in [-0.2, -0.15) is 0 Å². The van der Waals surface area contributed by atoms with Crippen molar-refractivity contribution in [3.63, 3.8) is 0 Å². The zero-order valence-electron chi connectivity index (χ0n) is 15.8. The van der Waals surface area contributed by atoms with Crippen LogP contribution in [-0.2, 0) is 0 Å². The van der Waals surface area contributed by atoms with Gasteiger partial charge >= 0.3 is 0 Å². The average molecular weight is 362 g/mol. The van der Waals surface area contributed by atoms with E-state index in [1.54, 1.807) is 6.07 Å². The van der Waals surface area contributed by atoms with Gasteiger partial charge in [-0.15, -0.1) is 0 Å². The molecule has 0 bridgehead atoms. The van der Waals surface area contributed by atoms with Gasteiger partial charge < -0.3 is 10.2 Å². The molecule has 1 saturated heterocycles. The van der Waals surface area contributed by atoms with E-state index >= 15 is 0 Å². The number of carbonyl (C=O) groups is 2. The van der Waals surface area contributed by atoms with Crippen LogP contribution in [0.5, 0.6) is 0 Å². The Bertz CT molecular complexity index is 866. The summed E-state index contributed by atoms with van der Waals surface area (Å²) in [5, 5.41) is 3.16. The van der Waals surface area contributed by atoms with Gasteiger partial charge in [-0.05, 0) is 49.1 Å². The molecule has 140 valence electrons. The molecule has 1 fully saturated rings. The second-order valence-electron chi connectivity index (χ2n) is 7.58. The standard InChI is InChI=1S/C23H26N2O2/c1-2-3-12-25-13-10-17(11-14-25)24-23(27)16-8-9-19-18-6-4-5-7-20(18)22(26)21(19)15-16/h4-9,15,17H,2-3,10-14H2,1H3,(H,24,27). The zero-order valence-corrected chi connectivity index (χ0v) is 15.8. The van der Waals surface area contributed by atoms with E-state index < -0.39 is 0 Å². The predicted molar refractivity (Wildman–Crippen MR) is 107 cm³/mol. The summed E-state index contributed by atoms with van der Waals surface area (Å²) in [6.45, 7) is 5.46. The minimum absolute atomic E-state index is 0.0134. The third-order valence-electron chi connectivity index (χ3n) is 5.74. The first kappa shape index (κ1) is 17.9. The van der Waals surface area contributed by atoms with Crippen molar-refractivity contribution in [2.75, 3.05) is 19.6 Å². The molecule has 4 rings (SSSR count). The summed E-state index contributed by atoms with van der Waals surface area (Å²) in [5.41, 5.74) is 3.83. The van der Waals surface area contributed by atoms with Crippen LogP contribution in [0, 0.1) is 0 Å². The van der Waals surface area contributed by atoms with Crippen molar-refractivity contribution >= 4 is 11.7 Å². The highest BCUT2D eigenvalue weighted by Gasteiger charge is 2.27. The number of fused-ring (bicyclic) bond motifs is 3. The number of ketones is 1. The second-order valence-corrected chi connectivity index (χ2v) is 7.58. The quantitative estimate of drug-likeness (QED) is 0.749. The Morgan fingerprint density at radius 1 is 1.04 bits per heavy atom. The molecule has 4 nitrogen and oxygen atoms in total. The highest BCUT2D eigenvalue weighted by Crippen LogP contribution is 2.36. The molecule has 0 spiro atoms. The van der Waals surface area contributed by atoms with Crippen molar-refractivity contribution in [3.05, 3.63) is 59.2 Å². The fourth-order valence-corrected chi connectivity index (χ4v) is 4.12. The number of piperidine rings is 1. The van der Waals surface area contributed by atoms with Gasteiger partial charge in [0, 0.05) is 35.8 Å². The minimum atomic E-state index is -0.0754. The van der Waals surface area contributed by atoms with Crippen LogP contribution in [0.15, 0.2) is 42.5 Å². The topological polar surface area (TPSA) is 49.4 Å². The number of nitrogens with one attached hydrogen (secondary N) is 1. The number of amides is 1. The Morgan fingerprint density at radius 3 is 2.48 bits per heavy atom. The Balaban J connectivity index is 1.42. The van der Waals surface area contributed by atoms with Crippen LogP contribution in [0.1, 0.15) is 58.9 Å². The SMILES string of the molecule is CCCCN1CCC(NC(=O)c2ccc3c(c2)C(=O)c2ccccc2-3)CC1. The average Bonchev–Trinajstić information content (AvgIpc) is 3.00. The summed E-state index contributed by atoms with van der Waals surface area (Å²) in [6.07, 6.45) is 4.44. The van der Waals surface area contributed by atoms with Crippen molar-refractivity contribution in [2.45, 2.75) is 38.6 Å². The van der Waals surface area contributed by atoms with Crippen molar-refractivity contribution in [1.29, 1.82) is 0 Å². The first-order valence-electron chi connectivity index (χ1n) is 9.98. The first-order valence-corrected chi connectivity index (χ1v) is 9.98. The Kier molecular flexibility index (Phi) is 5.08. The molecule has 1 aliphatic heterocycles. The van der Waals surface area contributed by atoms with Gasteiger partial charge in [-0.25, -0.2) is 0 Å². The first-order chi connectivity index (χ1) is 13.2. The second kappa shape index (κ2) is 7.65. The number of nitrogens with zero attached hydrogens (tertiary/aromatic N) is 1. The molecule has 27 heavy (non-hydrogen) atoms. The van der Waals surface area contributed by atoms with E-state index in [-0.39, 0.29) is 17.7 Å². The van der Waals surface area contributed by atoms with E-state index in [0.29, 0.717) is 11.1 Å². The largest absolute Gasteiger partial charge is 0.349 e. The molecule has 2 aromatic rings. The van der Waals surface area contributed by atoms with Crippen molar-refractivity contribution < 1.29 is 9.59 Å². The third kappa shape index (κ3) is 3.54. The molecule has 0 radical (unpaired) electrons. The maximum Gasteiger partial charge on any atom is 0.251 e. The highest BCUT2D eigenvalue weighted by atomic mass is 16.1. The minimum Gasteiger partial charge on any atom is -0.349 e. The third-order valence-corrected chi connectivity index (χ3v) is 5.74. The van der Waals surface area contributed by atoms with Crippen LogP contribution in [0.4, 0.5) is 0 Å². The van der Waals surface area contributed by atoms with Crippen LogP contribution in [0.2, 0.25) is 0 Å². The number of benzene rings is 2. The van der Waals surface area contributed by atoms with Gasteiger partial charge in [0.2, 0.25) is 0 Å². The van der Waals surface area contributed by atoms with Gasteiger partial charge in [0.15, 0.2) is 5.78 Å². The van der Waals surface area contributed by atoms with Gasteiger partial charge in [-0.1, -0.05) is 43.7 Å². The van der Waals surface area contributed by atoms with Crippen LogP contribution in [0.3, 0.4) is 0 Å². The number of unbranched alkanes of at least 4 members (excludes halogenated alkanes) is 1. The Morgan fingerprint density at radius 2 is 1.74 bits per heavy atom. The fraction of sp³-hybridized carbons (Fsp3) is 0.391. The Hall–Kier alpha value is -2.46. The van der Waals surface area contributed by atoms with E-state index in [1.807, 2.05) is 36.4 Å². The van der Waals surface area contributed by atoms with Crippen molar-refractivity contribution in [2.24, 2.45) is 0 Å². The van der Waals surface area contributed by atoms with Crippen molar-refractivity contribution in [1.82, 2.24) is 10.2 Å². The normalized spacial score (nSPS) is 16.9. The molecule has 4 heteroatoms. The number of hydrogen-bond acceptors (Lipinski definition) is 3. The molecule has 2 aliphatic rings. The molecule has 0 atom stereocenters. The number of likely N-dealkylation sites (tertiary alicyclic amines) is 1. The highest BCUT2D eigenvalue weighted by molar-refractivity contribution is 6.22. The van der Waals surface area contributed by atoms with Gasteiger partial charge in [0.05, 0.1) is 0 Å². The van der Waals surface area contributed by atoms with E-state index in [4.69, 9.17) is 0 Å². The maximum atomic E-state index is 12.7. The molecule has 1 aliphatic carbocycles. The Labute approximate surface area is 160 Å². The van der Waals surface area contributed by atoms with Gasteiger partial charge in [0.1, 0.15) is 0 Å². The van der Waals surface area contributed by atoms with Crippen LogP contribution in [-0.4, -0.2) is 42.3 Å². The lowest BCUT2D eigenvalue weighted by atomic mass is 10.0. The molecule has 1 N–H and O–H groups in total. The van der Waals surface area contributed by atoms with E-state index in [0.717, 1.165) is 49.2 Å². The summed E-state index contributed by atoms with van der Waals surface area (Å²) in [7, 11) is 0. The maximum absolute atomic E-state index is 12.7. The lowest BCUT2D eigenvalue weighted by molar-refractivity contribution is 0.0911. The fourth-order valence-electron chi connectivity index (χ4n) is 4.12. The lowest BCUT2D eigenvalue weighted by Gasteiger charge is -2.32. The van der Waals surface area contributed by atoms with E-state index in [2.05, 4.69) is 17.1 Å². The molecular formula is C23H26N2O2. The molecular weight excluding hydrogens is 336 g/mol. The zero-order chi connectivity index (χ0) is 18.8. The van der Waals surface area contributed by atoms with Crippen molar-refractivity contribution in [3.8, 4) is 11.1 Å². The van der Waals surface area contributed by atoms with Crippen LogP contribution < -0.4 is 5.32 Å². The smallest absolute Gasteiger partial charge is 0.251 e. The van der Waals surface area contributed by atoms with Crippen LogP contribution in [0.25, 0.3) is 11.1 Å². The summed E-state index contributed by atoms with van der Waals surface area (Å²) >= 11 is 0. The molecule has 0 saturated carbocycles. The monoisotopic (exact) mass is 362 g/mol. The molecule has 2 aromatic carbocycles. The van der Waals surface area contributed by atoms with E-state index in [1.165, 1.54) is 12.8 Å². The summed E-state index contributed by atoms with van der Waals surface area (Å²) in [6, 6.07) is 13.3. The molecule has 1 amide bonds. The van der Waals surface area contributed by atoms with Gasteiger partial charge in [0.25, 0.3) is 5.91 Å². The molecule has 1 heterocycles. The summed E-state index contributed by atoms with van der Waals surface area (Å²) < 4.78 is 0.